The van der Waals surface area contributed by atoms with Crippen LogP contribution in [0.25, 0.3) is 10.9 Å². The van der Waals surface area contributed by atoms with Gasteiger partial charge in [0.15, 0.2) is 0 Å². The molecule has 0 radical (unpaired) electrons. The number of carbonyl (C=O) groups is 2. The molecular weight excluding hydrogens is 282 g/mol. The van der Waals surface area contributed by atoms with E-state index in [1.54, 1.807) is 0 Å². The number of nitrogens with one attached hydrogen (secondary N) is 1. The van der Waals surface area contributed by atoms with Crippen molar-refractivity contribution < 1.29 is 14.3 Å². The molecule has 1 aliphatic heterocycles. The average molecular weight is 301 g/mol. The number of ether oxygens (including phenoxy) is 1. The average Bonchev–Trinajstić information content (AvgIpc) is 3.18. The third-order valence-corrected chi connectivity index (χ3v) is 3.98. The molecule has 0 bridgehead atoms. The first-order chi connectivity index (χ1) is 10.7. The molecule has 6 heteroatoms. The van der Waals surface area contributed by atoms with E-state index in [-0.39, 0.29) is 18.5 Å². The number of likely N-dealkylation sites (tertiary alicyclic amines) is 1. The number of aromatic nitrogens is 1. The van der Waals surface area contributed by atoms with Crippen molar-refractivity contribution in [3.05, 3.63) is 30.5 Å². The molecule has 6 nitrogen and oxygen atoms in total. The Hall–Kier alpha value is -2.50. The molecule has 1 aromatic heterocycles. The lowest BCUT2D eigenvalue weighted by Gasteiger charge is -2.16. The minimum Gasteiger partial charge on any atom is -0.468 e. The molecule has 0 aliphatic carbocycles. The molecular formula is C16H19N3O3. The number of amides is 2. The van der Waals surface area contributed by atoms with Gasteiger partial charge in [-0.2, -0.15) is 0 Å². The second-order valence-electron chi connectivity index (χ2n) is 5.38. The van der Waals surface area contributed by atoms with E-state index in [2.05, 4.69) is 5.32 Å². The molecule has 1 aliphatic rings. The summed E-state index contributed by atoms with van der Waals surface area (Å²) in [5, 5.41) is 3.88. The standard InChI is InChI=1S/C16H19N3O3/c1-22-15(20)11-19-10-7-12-13(5-4-6-14(12)19)17-16(21)18-8-2-3-9-18/h4-7,10H,2-3,8-9,11H2,1H3,(H,17,21). The fraction of sp³-hybridized carbons (Fsp3) is 0.375. The first kappa shape index (κ1) is 14.4. The molecule has 1 fully saturated rings. The van der Waals surface area contributed by atoms with Crippen LogP contribution in [0.1, 0.15) is 12.8 Å². The van der Waals surface area contributed by atoms with Crippen molar-refractivity contribution in [1.29, 1.82) is 0 Å². The highest BCUT2D eigenvalue weighted by molar-refractivity contribution is 6.01. The lowest BCUT2D eigenvalue weighted by Crippen LogP contribution is -2.32. The monoisotopic (exact) mass is 301 g/mol. The van der Waals surface area contributed by atoms with Crippen molar-refractivity contribution in [2.24, 2.45) is 0 Å². The van der Waals surface area contributed by atoms with E-state index >= 15 is 0 Å². The molecule has 22 heavy (non-hydrogen) atoms. The number of hydrogen-bond acceptors (Lipinski definition) is 3. The Balaban J connectivity index is 1.84. The number of esters is 1. The molecule has 0 unspecified atom stereocenters. The Morgan fingerprint density at radius 1 is 1.23 bits per heavy atom. The van der Waals surface area contributed by atoms with Gasteiger partial charge in [-0.3, -0.25) is 4.79 Å². The van der Waals surface area contributed by atoms with Gasteiger partial charge in [0, 0.05) is 24.7 Å². The van der Waals surface area contributed by atoms with E-state index < -0.39 is 0 Å². The molecule has 2 amide bonds. The number of methoxy groups -OCH3 is 1. The number of anilines is 1. The van der Waals surface area contributed by atoms with Crippen LogP contribution in [0.3, 0.4) is 0 Å². The highest BCUT2D eigenvalue weighted by atomic mass is 16.5. The number of rotatable bonds is 3. The maximum absolute atomic E-state index is 12.2. The topological polar surface area (TPSA) is 63.6 Å². The molecule has 0 atom stereocenters. The van der Waals surface area contributed by atoms with Gasteiger partial charge < -0.3 is 19.5 Å². The van der Waals surface area contributed by atoms with Gasteiger partial charge in [0.25, 0.3) is 0 Å². The Morgan fingerprint density at radius 2 is 2.00 bits per heavy atom. The molecule has 2 aromatic rings. The van der Waals surface area contributed by atoms with Crippen LogP contribution in [0.4, 0.5) is 10.5 Å². The quantitative estimate of drug-likeness (QED) is 0.886. The second kappa shape index (κ2) is 6.09. The van der Waals surface area contributed by atoms with Gasteiger partial charge in [0.1, 0.15) is 6.54 Å². The van der Waals surface area contributed by atoms with E-state index in [0.717, 1.165) is 42.5 Å². The number of hydrogen-bond donors (Lipinski definition) is 1. The minimum absolute atomic E-state index is 0.0642. The zero-order chi connectivity index (χ0) is 15.5. The summed E-state index contributed by atoms with van der Waals surface area (Å²) < 4.78 is 6.51. The van der Waals surface area contributed by atoms with E-state index in [1.807, 2.05) is 39.9 Å². The number of carbonyl (C=O) groups excluding carboxylic acids is 2. The molecule has 1 N–H and O–H groups in total. The van der Waals surface area contributed by atoms with Crippen molar-refractivity contribution in [2.45, 2.75) is 19.4 Å². The molecule has 2 heterocycles. The van der Waals surface area contributed by atoms with Crippen LogP contribution in [-0.2, 0) is 16.1 Å². The lowest BCUT2D eigenvalue weighted by molar-refractivity contribution is -0.141. The zero-order valence-corrected chi connectivity index (χ0v) is 12.5. The first-order valence-corrected chi connectivity index (χ1v) is 7.39. The maximum atomic E-state index is 12.2. The number of nitrogens with zero attached hydrogens (tertiary/aromatic N) is 2. The Labute approximate surface area is 128 Å². The van der Waals surface area contributed by atoms with Gasteiger partial charge in [-0.25, -0.2) is 4.79 Å². The lowest BCUT2D eigenvalue weighted by atomic mass is 10.2. The van der Waals surface area contributed by atoms with E-state index in [9.17, 15) is 9.59 Å². The molecule has 0 saturated carbocycles. The largest absolute Gasteiger partial charge is 0.468 e. The zero-order valence-electron chi connectivity index (χ0n) is 12.5. The third-order valence-electron chi connectivity index (χ3n) is 3.98. The molecule has 1 saturated heterocycles. The summed E-state index contributed by atoms with van der Waals surface area (Å²) in [7, 11) is 1.37. The SMILES string of the molecule is COC(=O)Cn1ccc2c(NC(=O)N3CCCC3)cccc21. The fourth-order valence-electron chi connectivity index (χ4n) is 2.79. The van der Waals surface area contributed by atoms with Gasteiger partial charge in [-0.15, -0.1) is 0 Å². The van der Waals surface area contributed by atoms with E-state index in [0.29, 0.717) is 0 Å². The Morgan fingerprint density at radius 3 is 2.73 bits per heavy atom. The van der Waals surface area contributed by atoms with Gasteiger partial charge in [0.2, 0.25) is 0 Å². The molecule has 116 valence electrons. The first-order valence-electron chi connectivity index (χ1n) is 7.39. The highest BCUT2D eigenvalue weighted by Gasteiger charge is 2.18. The van der Waals surface area contributed by atoms with Crippen LogP contribution >= 0.6 is 0 Å². The van der Waals surface area contributed by atoms with Crippen molar-refractivity contribution >= 4 is 28.6 Å². The van der Waals surface area contributed by atoms with Crippen LogP contribution in [0.5, 0.6) is 0 Å². The smallest absolute Gasteiger partial charge is 0.325 e. The third kappa shape index (κ3) is 2.77. The summed E-state index contributed by atoms with van der Waals surface area (Å²) in [6.45, 7) is 1.78. The van der Waals surface area contributed by atoms with Crippen molar-refractivity contribution in [2.75, 3.05) is 25.5 Å². The van der Waals surface area contributed by atoms with Crippen LogP contribution in [0.2, 0.25) is 0 Å². The van der Waals surface area contributed by atoms with Gasteiger partial charge >= 0.3 is 12.0 Å². The second-order valence-corrected chi connectivity index (χ2v) is 5.38. The summed E-state index contributed by atoms with van der Waals surface area (Å²) in [5.74, 6) is -0.302. The summed E-state index contributed by atoms with van der Waals surface area (Å²) in [6, 6.07) is 7.50. The Kier molecular flexibility index (Phi) is 4.00. The predicted octanol–water partition coefficient (Wildman–Crippen LogP) is 2.44. The number of fused-ring (bicyclic) bond motifs is 1. The summed E-state index contributed by atoms with van der Waals surface area (Å²) in [6.07, 6.45) is 3.95. The fourth-order valence-corrected chi connectivity index (χ4v) is 2.79. The van der Waals surface area contributed by atoms with Crippen molar-refractivity contribution in [1.82, 2.24) is 9.47 Å². The predicted molar refractivity (Wildman–Crippen MR) is 83.8 cm³/mol. The minimum atomic E-state index is -0.302. The van der Waals surface area contributed by atoms with Crippen LogP contribution < -0.4 is 5.32 Å². The number of urea groups is 1. The highest BCUT2D eigenvalue weighted by Crippen LogP contribution is 2.25. The normalized spacial score (nSPS) is 14.3. The van der Waals surface area contributed by atoms with Crippen LogP contribution in [-0.4, -0.2) is 41.7 Å². The van der Waals surface area contributed by atoms with E-state index in [1.165, 1.54) is 7.11 Å². The van der Waals surface area contributed by atoms with Gasteiger partial charge in [0.05, 0.1) is 18.3 Å². The molecule has 3 rings (SSSR count). The maximum Gasteiger partial charge on any atom is 0.325 e. The summed E-state index contributed by atoms with van der Waals surface area (Å²) in [5.41, 5.74) is 1.66. The number of benzene rings is 1. The van der Waals surface area contributed by atoms with Crippen LogP contribution in [0, 0.1) is 0 Å². The van der Waals surface area contributed by atoms with Gasteiger partial charge in [-0.05, 0) is 31.0 Å². The van der Waals surface area contributed by atoms with Crippen LogP contribution in [0.15, 0.2) is 30.5 Å². The Bertz CT molecular complexity index is 702. The van der Waals surface area contributed by atoms with E-state index in [4.69, 9.17) is 4.74 Å². The van der Waals surface area contributed by atoms with Crippen molar-refractivity contribution in [3.63, 3.8) is 0 Å². The van der Waals surface area contributed by atoms with Crippen molar-refractivity contribution in [3.8, 4) is 0 Å². The van der Waals surface area contributed by atoms with Gasteiger partial charge in [-0.1, -0.05) is 6.07 Å². The summed E-state index contributed by atoms with van der Waals surface area (Å²) in [4.78, 5) is 25.5. The molecule has 1 aromatic carbocycles. The summed E-state index contributed by atoms with van der Waals surface area (Å²) >= 11 is 0. The molecule has 0 spiro atoms.